The van der Waals surface area contributed by atoms with Crippen molar-refractivity contribution in [2.75, 3.05) is 13.2 Å². The highest BCUT2D eigenvalue weighted by Gasteiger charge is 2.19. The number of carbonyl (C=O) groups is 3. The summed E-state index contributed by atoms with van der Waals surface area (Å²) in [6, 6.07) is 0. The molecule has 0 heterocycles. The molecule has 0 saturated carbocycles. The van der Waals surface area contributed by atoms with E-state index in [0.29, 0.717) is 19.3 Å². The number of hydrogen-bond donors (Lipinski definition) is 0. The molecule has 0 aromatic carbocycles. The van der Waals surface area contributed by atoms with Crippen molar-refractivity contribution in [3.63, 3.8) is 0 Å². The van der Waals surface area contributed by atoms with Gasteiger partial charge in [0.1, 0.15) is 13.2 Å². The van der Waals surface area contributed by atoms with Crippen LogP contribution >= 0.6 is 0 Å². The van der Waals surface area contributed by atoms with E-state index in [-0.39, 0.29) is 31.1 Å². The molecule has 0 rings (SSSR count). The van der Waals surface area contributed by atoms with Crippen molar-refractivity contribution in [2.45, 2.75) is 304 Å². The summed E-state index contributed by atoms with van der Waals surface area (Å²) in [4.78, 5) is 38.0. The lowest BCUT2D eigenvalue weighted by Crippen LogP contribution is -2.30. The highest BCUT2D eigenvalue weighted by atomic mass is 16.6. The average molecular weight is 849 g/mol. The third-order valence-electron chi connectivity index (χ3n) is 12.2. The van der Waals surface area contributed by atoms with Crippen LogP contribution in [-0.4, -0.2) is 37.2 Å². The molecule has 0 aliphatic heterocycles. The first-order valence-corrected chi connectivity index (χ1v) is 26.7. The van der Waals surface area contributed by atoms with Crippen molar-refractivity contribution in [3.05, 3.63) is 0 Å². The van der Waals surface area contributed by atoms with Gasteiger partial charge in [0.2, 0.25) is 0 Å². The van der Waals surface area contributed by atoms with Gasteiger partial charge in [-0.3, -0.25) is 14.4 Å². The molecule has 1 atom stereocenters. The first kappa shape index (κ1) is 58.4. The van der Waals surface area contributed by atoms with Crippen LogP contribution in [0.25, 0.3) is 0 Å². The molecule has 0 radical (unpaired) electrons. The van der Waals surface area contributed by atoms with Gasteiger partial charge in [-0.1, -0.05) is 259 Å². The second kappa shape index (κ2) is 46.9. The van der Waals surface area contributed by atoms with Gasteiger partial charge >= 0.3 is 17.9 Å². The first-order chi connectivity index (χ1) is 29.2. The summed E-state index contributed by atoms with van der Waals surface area (Å²) >= 11 is 0. The highest BCUT2D eigenvalue weighted by molar-refractivity contribution is 5.71. The summed E-state index contributed by atoms with van der Waals surface area (Å²) in [5.41, 5.74) is 0. The molecule has 60 heavy (non-hydrogen) atoms. The molecule has 0 aromatic heterocycles. The van der Waals surface area contributed by atoms with Crippen molar-refractivity contribution in [2.24, 2.45) is 11.8 Å². The van der Waals surface area contributed by atoms with Crippen molar-refractivity contribution < 1.29 is 28.6 Å². The Labute approximate surface area is 374 Å². The maximum absolute atomic E-state index is 12.8. The standard InChI is InChI=1S/C54H104O6/c1-6-7-8-9-10-11-12-16-20-23-29-34-39-44-52(55)58-47-51(48-59-53(56)45-40-35-30-26-25-28-33-38-43-50(4)5)60-54(57)46-41-36-31-24-21-18-15-13-14-17-19-22-27-32-37-42-49(2)3/h49-51H,6-48H2,1-5H3/t51-/m1/s1. The van der Waals surface area contributed by atoms with E-state index >= 15 is 0 Å². The summed E-state index contributed by atoms with van der Waals surface area (Å²) in [5.74, 6) is 0.797. The van der Waals surface area contributed by atoms with E-state index in [2.05, 4.69) is 34.6 Å². The minimum atomic E-state index is -0.762. The van der Waals surface area contributed by atoms with Crippen molar-refractivity contribution in [3.8, 4) is 0 Å². The molecule has 6 heteroatoms. The zero-order chi connectivity index (χ0) is 44.0. The number of carbonyl (C=O) groups excluding carboxylic acids is 3. The van der Waals surface area contributed by atoms with Crippen LogP contribution < -0.4 is 0 Å². The Morgan fingerprint density at radius 1 is 0.317 bits per heavy atom. The summed E-state index contributed by atoms with van der Waals surface area (Å²) in [5, 5.41) is 0. The van der Waals surface area contributed by atoms with Gasteiger partial charge in [-0.05, 0) is 31.1 Å². The number of hydrogen-bond acceptors (Lipinski definition) is 6. The zero-order valence-corrected chi connectivity index (χ0v) is 41.1. The van der Waals surface area contributed by atoms with Crippen molar-refractivity contribution >= 4 is 17.9 Å². The SMILES string of the molecule is CCCCCCCCCCCCCCCC(=O)OC[C@H](COC(=O)CCCCCCCCCCC(C)C)OC(=O)CCCCCCCCCCCCCCCCCC(C)C. The minimum absolute atomic E-state index is 0.0636. The molecular weight excluding hydrogens is 745 g/mol. The molecule has 6 nitrogen and oxygen atoms in total. The Morgan fingerprint density at radius 2 is 0.550 bits per heavy atom. The average Bonchev–Trinajstić information content (AvgIpc) is 3.22. The summed E-state index contributed by atoms with van der Waals surface area (Å²) in [7, 11) is 0. The minimum Gasteiger partial charge on any atom is -0.462 e. The van der Waals surface area contributed by atoms with Gasteiger partial charge in [-0.25, -0.2) is 0 Å². The zero-order valence-electron chi connectivity index (χ0n) is 41.1. The predicted molar refractivity (Wildman–Crippen MR) is 256 cm³/mol. The lowest BCUT2D eigenvalue weighted by molar-refractivity contribution is -0.167. The van der Waals surface area contributed by atoms with Gasteiger partial charge in [-0.15, -0.1) is 0 Å². The lowest BCUT2D eigenvalue weighted by atomic mass is 10.0. The Morgan fingerprint density at radius 3 is 0.817 bits per heavy atom. The molecule has 0 aliphatic rings. The first-order valence-electron chi connectivity index (χ1n) is 26.7. The quantitative estimate of drug-likeness (QED) is 0.0345. The second-order valence-electron chi connectivity index (χ2n) is 19.5. The van der Waals surface area contributed by atoms with Crippen molar-refractivity contribution in [1.29, 1.82) is 0 Å². The third kappa shape index (κ3) is 47.5. The maximum atomic E-state index is 12.8. The smallest absolute Gasteiger partial charge is 0.306 e. The predicted octanol–water partition coefficient (Wildman–Crippen LogP) is 17.3. The van der Waals surface area contributed by atoms with Crippen LogP contribution in [0.5, 0.6) is 0 Å². The molecule has 0 spiro atoms. The van der Waals surface area contributed by atoms with E-state index < -0.39 is 6.10 Å². The van der Waals surface area contributed by atoms with Gasteiger partial charge in [0, 0.05) is 19.3 Å². The van der Waals surface area contributed by atoms with E-state index in [1.807, 2.05) is 0 Å². The normalized spacial score (nSPS) is 12.1. The molecule has 0 saturated heterocycles. The maximum Gasteiger partial charge on any atom is 0.306 e. The Bertz CT molecular complexity index is 916. The van der Waals surface area contributed by atoms with Gasteiger partial charge < -0.3 is 14.2 Å². The molecule has 0 bridgehead atoms. The number of ether oxygens (including phenoxy) is 3. The van der Waals surface area contributed by atoms with E-state index in [0.717, 1.165) is 69.6 Å². The fourth-order valence-corrected chi connectivity index (χ4v) is 8.17. The Hall–Kier alpha value is -1.59. The highest BCUT2D eigenvalue weighted by Crippen LogP contribution is 2.18. The van der Waals surface area contributed by atoms with Crippen molar-refractivity contribution in [1.82, 2.24) is 0 Å². The number of esters is 3. The van der Waals surface area contributed by atoms with Gasteiger partial charge in [0.05, 0.1) is 0 Å². The molecule has 0 aromatic rings. The van der Waals surface area contributed by atoms with Crippen LogP contribution in [-0.2, 0) is 28.6 Å². The van der Waals surface area contributed by atoms with E-state index in [9.17, 15) is 14.4 Å². The lowest BCUT2D eigenvalue weighted by Gasteiger charge is -2.18. The molecule has 0 amide bonds. The topological polar surface area (TPSA) is 78.9 Å². The largest absolute Gasteiger partial charge is 0.462 e. The van der Waals surface area contributed by atoms with E-state index in [1.54, 1.807) is 0 Å². The molecule has 0 N–H and O–H groups in total. The van der Waals surface area contributed by atoms with Gasteiger partial charge in [0.15, 0.2) is 6.10 Å². The number of unbranched alkanes of at least 4 members (excludes halogenated alkanes) is 33. The molecule has 0 aliphatic carbocycles. The Kier molecular flexibility index (Phi) is 45.7. The fourth-order valence-electron chi connectivity index (χ4n) is 8.17. The second-order valence-corrected chi connectivity index (χ2v) is 19.5. The molecule has 0 unspecified atom stereocenters. The molecule has 356 valence electrons. The molecular formula is C54H104O6. The van der Waals surface area contributed by atoms with Crippen LogP contribution in [0.3, 0.4) is 0 Å². The van der Waals surface area contributed by atoms with Crippen LogP contribution in [0.4, 0.5) is 0 Å². The Balaban J connectivity index is 4.28. The van der Waals surface area contributed by atoms with Gasteiger partial charge in [-0.2, -0.15) is 0 Å². The van der Waals surface area contributed by atoms with E-state index in [4.69, 9.17) is 14.2 Å². The summed E-state index contributed by atoms with van der Waals surface area (Å²) in [6.45, 7) is 11.4. The summed E-state index contributed by atoms with van der Waals surface area (Å²) in [6.07, 6.45) is 48.1. The van der Waals surface area contributed by atoms with E-state index in [1.165, 1.54) is 186 Å². The fraction of sp³-hybridized carbons (Fsp3) is 0.944. The molecule has 0 fully saturated rings. The monoisotopic (exact) mass is 849 g/mol. The van der Waals surface area contributed by atoms with Crippen LogP contribution in [0.2, 0.25) is 0 Å². The van der Waals surface area contributed by atoms with Crippen LogP contribution in [0.15, 0.2) is 0 Å². The van der Waals surface area contributed by atoms with Crippen LogP contribution in [0, 0.1) is 11.8 Å². The van der Waals surface area contributed by atoms with Gasteiger partial charge in [0.25, 0.3) is 0 Å². The van der Waals surface area contributed by atoms with Crippen LogP contribution in [0.1, 0.15) is 298 Å². The third-order valence-corrected chi connectivity index (χ3v) is 12.2. The summed E-state index contributed by atoms with van der Waals surface area (Å²) < 4.78 is 16.8. The number of rotatable bonds is 48.